The molecule has 0 saturated heterocycles. The van der Waals surface area contributed by atoms with Gasteiger partial charge in [0.05, 0.1) is 11.1 Å². The summed E-state index contributed by atoms with van der Waals surface area (Å²) in [5.74, 6) is 0. The van der Waals surface area contributed by atoms with E-state index in [2.05, 4.69) is 12.1 Å². The number of fused-ring (bicyclic) bond motifs is 1. The molecule has 0 aliphatic heterocycles. The molecular formula is C11H6N2S. The third kappa shape index (κ3) is 1.08. The molecule has 0 spiro atoms. The first-order valence-corrected chi connectivity index (χ1v) is 4.97. The van der Waals surface area contributed by atoms with E-state index in [0.717, 1.165) is 15.6 Å². The highest BCUT2D eigenvalue weighted by molar-refractivity contribution is 7.17. The minimum Gasteiger partial charge on any atom is -0.192 e. The Kier molecular flexibility index (Phi) is 1.96. The van der Waals surface area contributed by atoms with Gasteiger partial charge in [0.15, 0.2) is 0 Å². The third-order valence-electron chi connectivity index (χ3n) is 2.16. The lowest BCUT2D eigenvalue weighted by Gasteiger charge is -2.00. The highest BCUT2D eigenvalue weighted by atomic mass is 32.1. The van der Waals surface area contributed by atoms with Crippen molar-refractivity contribution in [2.24, 2.45) is 0 Å². The van der Waals surface area contributed by atoms with Crippen LogP contribution in [0.5, 0.6) is 0 Å². The van der Waals surface area contributed by atoms with E-state index in [1.807, 2.05) is 18.4 Å². The number of thiophene rings is 1. The second-order valence-electron chi connectivity index (χ2n) is 3.00. The zero-order valence-electron chi connectivity index (χ0n) is 7.53. The summed E-state index contributed by atoms with van der Waals surface area (Å²) in [5.41, 5.74) is 2.02. The molecule has 3 heteroatoms. The van der Waals surface area contributed by atoms with Crippen LogP contribution < -0.4 is 0 Å². The average Bonchev–Trinajstić information content (AvgIpc) is 2.66. The predicted molar refractivity (Wildman–Crippen MR) is 56.0 cm³/mol. The Balaban J connectivity index is 3.00. The van der Waals surface area contributed by atoms with Gasteiger partial charge in [0.25, 0.3) is 0 Å². The van der Waals surface area contributed by atoms with Crippen molar-refractivity contribution in [1.82, 2.24) is 0 Å². The molecule has 0 amide bonds. The first-order valence-electron chi connectivity index (χ1n) is 4.09. The minimum absolute atomic E-state index is 0.468. The van der Waals surface area contributed by atoms with Crippen molar-refractivity contribution in [3.63, 3.8) is 0 Å². The van der Waals surface area contributed by atoms with Gasteiger partial charge < -0.3 is 0 Å². The molecule has 0 radical (unpaired) electrons. The van der Waals surface area contributed by atoms with Crippen LogP contribution in [0.4, 0.5) is 0 Å². The summed E-state index contributed by atoms with van der Waals surface area (Å²) in [4.78, 5) is 0. The molecule has 0 fully saturated rings. The molecule has 0 N–H and O–H groups in total. The van der Waals surface area contributed by atoms with Gasteiger partial charge in [-0.3, -0.25) is 0 Å². The average molecular weight is 198 g/mol. The maximum Gasteiger partial charge on any atom is 0.101 e. The third-order valence-corrected chi connectivity index (χ3v) is 3.20. The fourth-order valence-electron chi connectivity index (χ4n) is 1.52. The molecule has 2 rings (SSSR count). The van der Waals surface area contributed by atoms with Crippen molar-refractivity contribution in [2.45, 2.75) is 6.92 Å². The molecule has 0 unspecified atom stereocenters. The van der Waals surface area contributed by atoms with Crippen molar-refractivity contribution < 1.29 is 0 Å². The van der Waals surface area contributed by atoms with Crippen molar-refractivity contribution in [3.8, 4) is 12.1 Å². The van der Waals surface area contributed by atoms with Gasteiger partial charge in [-0.05, 0) is 30.0 Å². The summed E-state index contributed by atoms with van der Waals surface area (Å²) in [7, 11) is 0. The van der Waals surface area contributed by atoms with Crippen LogP contribution >= 0.6 is 11.3 Å². The van der Waals surface area contributed by atoms with E-state index in [0.29, 0.717) is 11.1 Å². The van der Waals surface area contributed by atoms with Crippen molar-refractivity contribution in [1.29, 1.82) is 10.5 Å². The normalized spacial score (nSPS) is 9.64. The predicted octanol–water partition coefficient (Wildman–Crippen LogP) is 2.95. The highest BCUT2D eigenvalue weighted by Crippen LogP contribution is 2.29. The summed E-state index contributed by atoms with van der Waals surface area (Å²) in [6.45, 7) is 1.96. The fourth-order valence-corrected chi connectivity index (χ4v) is 2.40. The van der Waals surface area contributed by atoms with Gasteiger partial charge in [-0.15, -0.1) is 11.3 Å². The molecule has 1 aromatic carbocycles. The smallest absolute Gasteiger partial charge is 0.101 e. The highest BCUT2D eigenvalue weighted by Gasteiger charge is 2.10. The maximum atomic E-state index is 8.96. The van der Waals surface area contributed by atoms with Gasteiger partial charge in [0.2, 0.25) is 0 Å². The molecule has 0 bridgehead atoms. The molecular weight excluding hydrogens is 192 g/mol. The second kappa shape index (κ2) is 3.14. The van der Waals surface area contributed by atoms with E-state index >= 15 is 0 Å². The van der Waals surface area contributed by atoms with Gasteiger partial charge in [0.1, 0.15) is 12.1 Å². The first-order chi connectivity index (χ1) is 6.77. The molecule has 0 aliphatic carbocycles. The summed E-state index contributed by atoms with van der Waals surface area (Å²) >= 11 is 1.60. The van der Waals surface area contributed by atoms with E-state index in [9.17, 15) is 0 Å². The lowest BCUT2D eigenvalue weighted by atomic mass is 10.0. The monoisotopic (exact) mass is 198 g/mol. The van der Waals surface area contributed by atoms with E-state index in [1.54, 1.807) is 17.4 Å². The Morgan fingerprint density at radius 3 is 2.71 bits per heavy atom. The van der Waals surface area contributed by atoms with Crippen LogP contribution in [-0.4, -0.2) is 0 Å². The van der Waals surface area contributed by atoms with Crippen LogP contribution in [0.15, 0.2) is 17.5 Å². The Morgan fingerprint density at radius 1 is 1.29 bits per heavy atom. The quantitative estimate of drug-likeness (QED) is 0.653. The van der Waals surface area contributed by atoms with Crippen LogP contribution in [0, 0.1) is 29.6 Å². The molecule has 0 saturated carbocycles. The molecule has 1 heterocycles. The number of nitriles is 2. The van der Waals surface area contributed by atoms with E-state index in [1.165, 1.54) is 0 Å². The Morgan fingerprint density at radius 2 is 2.07 bits per heavy atom. The number of aryl methyl sites for hydroxylation is 1. The lowest BCUT2D eigenvalue weighted by molar-refractivity contribution is 1.43. The molecule has 2 nitrogen and oxygen atoms in total. The number of rotatable bonds is 0. The standard InChI is InChI=1S/C11H6N2S/c1-7-4-8(5-12)10(6-13)9-2-3-14-11(7)9/h2-4H,1H3. The van der Waals surface area contributed by atoms with Crippen molar-refractivity contribution in [3.05, 3.63) is 34.2 Å². The van der Waals surface area contributed by atoms with Gasteiger partial charge in [-0.2, -0.15) is 10.5 Å². The Bertz CT molecular complexity index is 582. The van der Waals surface area contributed by atoms with Crippen molar-refractivity contribution in [2.75, 3.05) is 0 Å². The Labute approximate surface area is 85.6 Å². The van der Waals surface area contributed by atoms with Crippen molar-refractivity contribution >= 4 is 21.4 Å². The molecule has 66 valence electrons. The largest absolute Gasteiger partial charge is 0.192 e. The summed E-state index contributed by atoms with van der Waals surface area (Å²) in [6.07, 6.45) is 0. The van der Waals surface area contributed by atoms with E-state index in [-0.39, 0.29) is 0 Å². The van der Waals surface area contributed by atoms with Crippen LogP contribution in [0.1, 0.15) is 16.7 Å². The summed E-state index contributed by atoms with van der Waals surface area (Å²) < 4.78 is 1.10. The van der Waals surface area contributed by atoms with Crippen LogP contribution in [-0.2, 0) is 0 Å². The van der Waals surface area contributed by atoms with Gasteiger partial charge in [-0.25, -0.2) is 0 Å². The molecule has 1 aromatic heterocycles. The molecule has 0 aliphatic rings. The second-order valence-corrected chi connectivity index (χ2v) is 3.92. The number of benzene rings is 1. The number of hydrogen-bond acceptors (Lipinski definition) is 3. The topological polar surface area (TPSA) is 47.6 Å². The van der Waals surface area contributed by atoms with E-state index in [4.69, 9.17) is 10.5 Å². The molecule has 0 atom stereocenters. The zero-order valence-corrected chi connectivity index (χ0v) is 8.35. The fraction of sp³-hybridized carbons (Fsp3) is 0.0909. The van der Waals surface area contributed by atoms with E-state index < -0.39 is 0 Å². The maximum absolute atomic E-state index is 8.96. The van der Waals surface area contributed by atoms with Crippen LogP contribution in [0.3, 0.4) is 0 Å². The molecule has 14 heavy (non-hydrogen) atoms. The number of nitrogens with zero attached hydrogens (tertiary/aromatic N) is 2. The SMILES string of the molecule is Cc1cc(C#N)c(C#N)c2ccsc12. The van der Waals surface area contributed by atoms with Crippen LogP contribution in [0.25, 0.3) is 10.1 Å². The van der Waals surface area contributed by atoms with Gasteiger partial charge >= 0.3 is 0 Å². The van der Waals surface area contributed by atoms with Crippen LogP contribution in [0.2, 0.25) is 0 Å². The first kappa shape index (κ1) is 8.74. The van der Waals surface area contributed by atoms with Gasteiger partial charge in [0, 0.05) is 10.1 Å². The van der Waals surface area contributed by atoms with Gasteiger partial charge in [-0.1, -0.05) is 0 Å². The zero-order chi connectivity index (χ0) is 10.1. The Hall–Kier alpha value is -1.84. The lowest BCUT2D eigenvalue weighted by Crippen LogP contribution is -1.86. The summed E-state index contributed by atoms with van der Waals surface area (Å²) in [5, 5.41) is 20.7. The molecule has 2 aromatic rings. The minimum atomic E-state index is 0.468. The summed E-state index contributed by atoms with van der Waals surface area (Å²) in [6, 6.07) is 7.81. The number of hydrogen-bond donors (Lipinski definition) is 0.